The molecule has 5 heteroatoms. The number of carbonyl (C=O) groups is 2. The Bertz CT molecular complexity index is 1040. The Morgan fingerprint density at radius 1 is 0.900 bits per heavy atom. The van der Waals surface area contributed by atoms with E-state index in [0.717, 1.165) is 33.3 Å². The minimum atomic E-state index is -0.276. The van der Waals surface area contributed by atoms with Gasteiger partial charge < -0.3 is 15.4 Å². The lowest BCUT2D eigenvalue weighted by atomic mass is 9.96. The first-order valence-electron chi connectivity index (χ1n) is 10.2. The summed E-state index contributed by atoms with van der Waals surface area (Å²) in [5, 5.41) is 8.06. The van der Waals surface area contributed by atoms with Crippen molar-refractivity contribution in [3.63, 3.8) is 0 Å². The van der Waals surface area contributed by atoms with E-state index in [2.05, 4.69) is 16.7 Å². The number of anilines is 1. The van der Waals surface area contributed by atoms with Gasteiger partial charge in [0.2, 0.25) is 11.8 Å². The van der Waals surface area contributed by atoms with Crippen LogP contribution in [-0.4, -0.2) is 18.9 Å². The van der Waals surface area contributed by atoms with E-state index in [9.17, 15) is 9.59 Å². The predicted molar refractivity (Wildman–Crippen MR) is 121 cm³/mol. The van der Waals surface area contributed by atoms with Crippen molar-refractivity contribution in [3.05, 3.63) is 71.8 Å². The first kappa shape index (κ1) is 21.4. The van der Waals surface area contributed by atoms with Gasteiger partial charge in [-0.1, -0.05) is 43.3 Å². The fourth-order valence-electron chi connectivity index (χ4n) is 3.32. The van der Waals surface area contributed by atoms with Gasteiger partial charge in [0.15, 0.2) is 0 Å². The molecular formula is C25H28N2O3. The zero-order valence-electron chi connectivity index (χ0n) is 17.9. The maximum absolute atomic E-state index is 12.8. The molecule has 2 amide bonds. The first-order chi connectivity index (χ1) is 14.4. The van der Waals surface area contributed by atoms with Crippen molar-refractivity contribution in [2.24, 2.45) is 0 Å². The molecule has 0 aliphatic carbocycles. The Morgan fingerprint density at radius 3 is 2.20 bits per heavy atom. The molecule has 156 valence electrons. The van der Waals surface area contributed by atoms with Gasteiger partial charge in [0, 0.05) is 12.1 Å². The summed E-state index contributed by atoms with van der Waals surface area (Å²) in [5.41, 5.74) is 2.70. The molecule has 0 bridgehead atoms. The Labute approximate surface area is 177 Å². The number of hydrogen-bond donors (Lipinski definition) is 2. The fraction of sp³-hybridized carbons (Fsp3) is 0.280. The van der Waals surface area contributed by atoms with Crippen molar-refractivity contribution in [2.45, 2.75) is 39.2 Å². The van der Waals surface area contributed by atoms with Crippen LogP contribution in [0.3, 0.4) is 0 Å². The van der Waals surface area contributed by atoms with Crippen LogP contribution in [0.25, 0.3) is 10.8 Å². The molecule has 1 unspecified atom stereocenters. The minimum absolute atomic E-state index is 0.0215. The van der Waals surface area contributed by atoms with Gasteiger partial charge in [-0.15, -0.1) is 0 Å². The normalized spacial score (nSPS) is 12.8. The second-order valence-corrected chi connectivity index (χ2v) is 7.45. The van der Waals surface area contributed by atoms with Crippen molar-refractivity contribution in [1.82, 2.24) is 5.32 Å². The SMILES string of the molecule is CCC(=O)Nc1ccc(C(C)NC(=O)[C@@H](C)c2ccc3cc(OC)ccc3c2)cc1. The van der Waals surface area contributed by atoms with Crippen molar-refractivity contribution in [3.8, 4) is 5.75 Å². The van der Waals surface area contributed by atoms with E-state index in [1.54, 1.807) is 7.11 Å². The summed E-state index contributed by atoms with van der Waals surface area (Å²) in [5.74, 6) is 0.489. The van der Waals surface area contributed by atoms with Crippen LogP contribution in [-0.2, 0) is 9.59 Å². The molecule has 2 atom stereocenters. The number of amides is 2. The highest BCUT2D eigenvalue weighted by atomic mass is 16.5. The number of hydrogen-bond acceptors (Lipinski definition) is 3. The van der Waals surface area contributed by atoms with E-state index in [1.807, 2.05) is 75.4 Å². The largest absolute Gasteiger partial charge is 0.497 e. The maximum Gasteiger partial charge on any atom is 0.227 e. The van der Waals surface area contributed by atoms with Crippen LogP contribution in [0.4, 0.5) is 5.69 Å². The minimum Gasteiger partial charge on any atom is -0.497 e. The van der Waals surface area contributed by atoms with Gasteiger partial charge in [0.1, 0.15) is 5.75 Å². The second kappa shape index (κ2) is 9.44. The highest BCUT2D eigenvalue weighted by Gasteiger charge is 2.18. The lowest BCUT2D eigenvalue weighted by molar-refractivity contribution is -0.122. The summed E-state index contributed by atoms with van der Waals surface area (Å²) in [7, 11) is 1.65. The van der Waals surface area contributed by atoms with Crippen LogP contribution < -0.4 is 15.4 Å². The zero-order valence-corrected chi connectivity index (χ0v) is 17.9. The lowest BCUT2D eigenvalue weighted by Crippen LogP contribution is -2.30. The monoisotopic (exact) mass is 404 g/mol. The second-order valence-electron chi connectivity index (χ2n) is 7.45. The topological polar surface area (TPSA) is 67.4 Å². The first-order valence-corrected chi connectivity index (χ1v) is 10.2. The molecule has 0 saturated carbocycles. The van der Waals surface area contributed by atoms with Gasteiger partial charge in [0.05, 0.1) is 19.1 Å². The molecular weight excluding hydrogens is 376 g/mol. The number of nitrogens with one attached hydrogen (secondary N) is 2. The molecule has 0 heterocycles. The van der Waals surface area contributed by atoms with Crippen LogP contribution >= 0.6 is 0 Å². The Morgan fingerprint density at radius 2 is 1.53 bits per heavy atom. The molecule has 0 aliphatic rings. The zero-order chi connectivity index (χ0) is 21.7. The summed E-state index contributed by atoms with van der Waals surface area (Å²) >= 11 is 0. The summed E-state index contributed by atoms with van der Waals surface area (Å²) in [6.45, 7) is 5.68. The Kier molecular flexibility index (Phi) is 6.72. The molecule has 2 N–H and O–H groups in total. The van der Waals surface area contributed by atoms with Gasteiger partial charge in [-0.2, -0.15) is 0 Å². The highest BCUT2D eigenvalue weighted by Crippen LogP contribution is 2.26. The third-order valence-corrected chi connectivity index (χ3v) is 5.34. The van der Waals surface area contributed by atoms with E-state index in [1.165, 1.54) is 0 Å². The quantitative estimate of drug-likeness (QED) is 0.570. The van der Waals surface area contributed by atoms with E-state index >= 15 is 0 Å². The van der Waals surface area contributed by atoms with Gasteiger partial charge in [0.25, 0.3) is 0 Å². The summed E-state index contributed by atoms with van der Waals surface area (Å²) in [6, 6.07) is 19.4. The number of methoxy groups -OCH3 is 1. The molecule has 0 aliphatic heterocycles. The molecule has 0 radical (unpaired) electrons. The van der Waals surface area contributed by atoms with Crippen LogP contribution in [0.15, 0.2) is 60.7 Å². The van der Waals surface area contributed by atoms with Crippen LogP contribution in [0.5, 0.6) is 5.75 Å². The molecule has 30 heavy (non-hydrogen) atoms. The van der Waals surface area contributed by atoms with Gasteiger partial charge in [-0.25, -0.2) is 0 Å². The number of carbonyl (C=O) groups excluding carboxylic acids is 2. The van der Waals surface area contributed by atoms with Gasteiger partial charge in [-0.05, 0) is 60.0 Å². The Hall–Kier alpha value is -3.34. The Balaban J connectivity index is 1.67. The number of benzene rings is 3. The molecule has 3 aromatic rings. The maximum atomic E-state index is 12.8. The number of fused-ring (bicyclic) bond motifs is 1. The summed E-state index contributed by atoms with van der Waals surface area (Å²) in [6.07, 6.45) is 0.439. The smallest absolute Gasteiger partial charge is 0.227 e. The lowest BCUT2D eigenvalue weighted by Gasteiger charge is -2.19. The average Bonchev–Trinajstić information content (AvgIpc) is 2.78. The third-order valence-electron chi connectivity index (χ3n) is 5.34. The highest BCUT2D eigenvalue weighted by molar-refractivity contribution is 5.90. The van der Waals surface area contributed by atoms with E-state index in [4.69, 9.17) is 4.74 Å². The molecule has 3 aromatic carbocycles. The van der Waals surface area contributed by atoms with Crippen molar-refractivity contribution in [1.29, 1.82) is 0 Å². The molecule has 3 rings (SSSR count). The summed E-state index contributed by atoms with van der Waals surface area (Å²) < 4.78 is 5.27. The number of ether oxygens (including phenoxy) is 1. The molecule has 0 fully saturated rings. The third kappa shape index (κ3) is 4.98. The molecule has 0 saturated heterocycles. The van der Waals surface area contributed by atoms with E-state index < -0.39 is 0 Å². The standard InChI is InChI=1S/C25H28N2O3/c1-5-24(28)27-22-11-8-18(9-12-22)17(3)26-25(29)16(2)19-6-7-21-15-23(30-4)13-10-20(21)14-19/h6-17H,5H2,1-4H3,(H,26,29)(H,27,28)/t16-,17?/m0/s1. The van der Waals surface area contributed by atoms with Crippen LogP contribution in [0.1, 0.15) is 50.3 Å². The molecule has 5 nitrogen and oxygen atoms in total. The van der Waals surface area contributed by atoms with Gasteiger partial charge >= 0.3 is 0 Å². The van der Waals surface area contributed by atoms with E-state index in [0.29, 0.717) is 6.42 Å². The predicted octanol–water partition coefficient (Wildman–Crippen LogP) is 5.18. The van der Waals surface area contributed by atoms with Crippen LogP contribution in [0.2, 0.25) is 0 Å². The summed E-state index contributed by atoms with van der Waals surface area (Å²) in [4.78, 5) is 24.3. The molecule has 0 aromatic heterocycles. The van der Waals surface area contributed by atoms with E-state index in [-0.39, 0.29) is 23.8 Å². The van der Waals surface area contributed by atoms with Crippen LogP contribution in [0, 0.1) is 0 Å². The fourth-order valence-corrected chi connectivity index (χ4v) is 3.32. The van der Waals surface area contributed by atoms with Crippen molar-refractivity contribution in [2.75, 3.05) is 12.4 Å². The van der Waals surface area contributed by atoms with Gasteiger partial charge in [-0.3, -0.25) is 9.59 Å². The number of rotatable bonds is 7. The average molecular weight is 405 g/mol. The molecule has 0 spiro atoms. The van der Waals surface area contributed by atoms with Crippen molar-refractivity contribution < 1.29 is 14.3 Å². The van der Waals surface area contributed by atoms with Crippen molar-refractivity contribution >= 4 is 28.3 Å².